The fourth-order valence-electron chi connectivity index (χ4n) is 3.62. The Morgan fingerprint density at radius 1 is 0.941 bits per heavy atom. The molecule has 0 saturated carbocycles. The molecule has 0 fully saturated rings. The number of benzene rings is 3. The second-order valence-electron chi connectivity index (χ2n) is 7.63. The Balaban J connectivity index is 1.34. The highest BCUT2D eigenvalue weighted by Crippen LogP contribution is 2.29. The fourth-order valence-corrected chi connectivity index (χ4v) is 3.85. The van der Waals surface area contributed by atoms with Gasteiger partial charge < -0.3 is 5.32 Å². The minimum absolute atomic E-state index is 0.193. The van der Waals surface area contributed by atoms with Crippen LogP contribution in [0.1, 0.15) is 11.4 Å². The van der Waals surface area contributed by atoms with Gasteiger partial charge in [0.2, 0.25) is 0 Å². The zero-order valence-electron chi connectivity index (χ0n) is 18.0. The van der Waals surface area contributed by atoms with E-state index in [9.17, 15) is 4.79 Å². The molecule has 0 atom stereocenters. The van der Waals surface area contributed by atoms with Crippen LogP contribution in [0, 0.1) is 0 Å². The van der Waals surface area contributed by atoms with Gasteiger partial charge in [0.05, 0.1) is 10.7 Å². The van der Waals surface area contributed by atoms with E-state index in [1.54, 1.807) is 17.0 Å². The average Bonchev–Trinajstić information content (AvgIpc) is 3.40. The Bertz CT molecular complexity index is 1450. The Labute approximate surface area is 200 Å². The van der Waals surface area contributed by atoms with Crippen LogP contribution in [0.3, 0.4) is 0 Å². The number of H-pyrrole nitrogens is 1. The van der Waals surface area contributed by atoms with E-state index >= 15 is 0 Å². The van der Waals surface area contributed by atoms with Gasteiger partial charge in [0.25, 0.3) is 5.56 Å². The van der Waals surface area contributed by atoms with E-state index in [0.29, 0.717) is 23.0 Å². The van der Waals surface area contributed by atoms with Crippen molar-refractivity contribution in [3.8, 4) is 16.8 Å². The third-order valence-corrected chi connectivity index (χ3v) is 5.72. The minimum Gasteiger partial charge on any atom is -0.334 e. The normalized spacial score (nSPS) is 10.9. The second-order valence-corrected chi connectivity index (χ2v) is 8.04. The Morgan fingerprint density at radius 2 is 1.76 bits per heavy atom. The summed E-state index contributed by atoms with van der Waals surface area (Å²) in [4.78, 5) is 17.3. The molecule has 0 radical (unpaired) electrons. The van der Waals surface area contributed by atoms with Gasteiger partial charge >= 0.3 is 0 Å². The minimum atomic E-state index is -0.273. The molecule has 5 aromatic rings. The van der Waals surface area contributed by atoms with Crippen molar-refractivity contribution in [3.05, 3.63) is 112 Å². The lowest BCUT2D eigenvalue weighted by atomic mass is 10.1. The molecule has 0 aliphatic heterocycles. The standard InChI is InChI=1S/C25H20ClN7O/c26-21-16-19(18-4-2-1-3-5-18)9-12-22(21)28-24-25(34)33(15-14-27-24)20-10-6-17(7-11-20)8-13-23-29-31-32-30-23/h1-7,9-12,14-16H,8,13H2,(H,27,28)(H,29,30,31,32). The summed E-state index contributed by atoms with van der Waals surface area (Å²) < 4.78 is 1.55. The highest BCUT2D eigenvalue weighted by atomic mass is 35.5. The van der Waals surface area contributed by atoms with Crippen LogP contribution in [0.15, 0.2) is 90.0 Å². The lowest BCUT2D eigenvalue weighted by Gasteiger charge is -2.12. The SMILES string of the molecule is O=c1c(Nc2ccc(-c3ccccc3)cc2Cl)nccn1-c1ccc(CCc2nn[nH]n2)cc1. The summed E-state index contributed by atoms with van der Waals surface area (Å²) in [5.41, 5.74) is 4.25. The van der Waals surface area contributed by atoms with E-state index in [1.807, 2.05) is 72.8 Å². The zero-order chi connectivity index (χ0) is 23.3. The topological polar surface area (TPSA) is 101 Å². The molecular weight excluding hydrogens is 450 g/mol. The van der Waals surface area contributed by atoms with Gasteiger partial charge in [-0.05, 0) is 47.4 Å². The Morgan fingerprint density at radius 3 is 2.50 bits per heavy atom. The molecule has 0 unspecified atom stereocenters. The molecule has 2 N–H and O–H groups in total. The van der Waals surface area contributed by atoms with E-state index in [2.05, 4.69) is 30.9 Å². The molecule has 0 aliphatic carbocycles. The molecule has 2 heterocycles. The second kappa shape index (κ2) is 9.68. The molecule has 2 aromatic heterocycles. The molecule has 0 aliphatic rings. The molecule has 0 bridgehead atoms. The first-order valence-electron chi connectivity index (χ1n) is 10.7. The van der Waals surface area contributed by atoms with Crippen LogP contribution in [0.2, 0.25) is 5.02 Å². The number of aromatic nitrogens is 6. The predicted octanol–water partition coefficient (Wildman–Crippen LogP) is 4.59. The summed E-state index contributed by atoms with van der Waals surface area (Å²) >= 11 is 6.51. The van der Waals surface area contributed by atoms with Crippen molar-refractivity contribution >= 4 is 23.1 Å². The third-order valence-electron chi connectivity index (χ3n) is 5.41. The van der Waals surface area contributed by atoms with Crippen molar-refractivity contribution in [2.45, 2.75) is 12.8 Å². The van der Waals surface area contributed by atoms with Crippen LogP contribution in [-0.4, -0.2) is 30.2 Å². The maximum Gasteiger partial charge on any atom is 0.298 e. The van der Waals surface area contributed by atoms with Crippen molar-refractivity contribution in [2.24, 2.45) is 0 Å². The van der Waals surface area contributed by atoms with Crippen LogP contribution in [0.25, 0.3) is 16.8 Å². The van der Waals surface area contributed by atoms with Gasteiger partial charge in [0.1, 0.15) is 0 Å². The quantitative estimate of drug-likeness (QED) is 0.361. The molecule has 168 valence electrons. The fraction of sp³-hybridized carbons (Fsp3) is 0.0800. The molecule has 0 spiro atoms. The molecule has 34 heavy (non-hydrogen) atoms. The average molecular weight is 470 g/mol. The maximum atomic E-state index is 13.1. The van der Waals surface area contributed by atoms with Crippen molar-refractivity contribution < 1.29 is 0 Å². The van der Waals surface area contributed by atoms with Gasteiger partial charge in [0, 0.05) is 24.5 Å². The monoisotopic (exact) mass is 469 g/mol. The first kappa shape index (κ1) is 21.5. The van der Waals surface area contributed by atoms with Crippen LogP contribution in [-0.2, 0) is 12.8 Å². The number of anilines is 2. The van der Waals surface area contributed by atoms with Gasteiger partial charge in [-0.2, -0.15) is 5.21 Å². The summed E-state index contributed by atoms with van der Waals surface area (Å²) in [5.74, 6) is 0.860. The smallest absolute Gasteiger partial charge is 0.298 e. The molecule has 8 nitrogen and oxygen atoms in total. The van der Waals surface area contributed by atoms with E-state index in [-0.39, 0.29) is 11.4 Å². The highest BCUT2D eigenvalue weighted by Gasteiger charge is 2.10. The van der Waals surface area contributed by atoms with Gasteiger partial charge in [-0.25, -0.2) is 4.98 Å². The maximum absolute atomic E-state index is 13.1. The number of rotatable bonds is 7. The van der Waals surface area contributed by atoms with Crippen molar-refractivity contribution in [1.82, 2.24) is 30.2 Å². The number of tetrazole rings is 1. The molecule has 0 saturated heterocycles. The molecule has 9 heteroatoms. The number of aryl methyl sites for hydroxylation is 2. The Hall–Kier alpha value is -4.30. The molecule has 3 aromatic carbocycles. The highest BCUT2D eigenvalue weighted by molar-refractivity contribution is 6.33. The number of hydrogen-bond acceptors (Lipinski definition) is 6. The number of halogens is 1. The van der Waals surface area contributed by atoms with Crippen LogP contribution < -0.4 is 10.9 Å². The lowest BCUT2D eigenvalue weighted by Crippen LogP contribution is -2.21. The van der Waals surface area contributed by atoms with Gasteiger partial charge in [0.15, 0.2) is 11.6 Å². The molecule has 5 rings (SSSR count). The lowest BCUT2D eigenvalue weighted by molar-refractivity contribution is 0.863. The van der Waals surface area contributed by atoms with Gasteiger partial charge in [-0.1, -0.05) is 65.3 Å². The summed E-state index contributed by atoms with van der Waals surface area (Å²) in [6, 6.07) is 23.4. The van der Waals surface area contributed by atoms with E-state index in [4.69, 9.17) is 11.6 Å². The number of hydrogen-bond donors (Lipinski definition) is 2. The summed E-state index contributed by atoms with van der Waals surface area (Å²) in [6.45, 7) is 0. The summed E-state index contributed by atoms with van der Waals surface area (Å²) in [7, 11) is 0. The number of aromatic amines is 1. The number of nitrogens with zero attached hydrogens (tertiary/aromatic N) is 5. The van der Waals surface area contributed by atoms with Gasteiger partial charge in [-0.3, -0.25) is 9.36 Å². The predicted molar refractivity (Wildman–Crippen MR) is 132 cm³/mol. The van der Waals surface area contributed by atoms with Crippen molar-refractivity contribution in [1.29, 1.82) is 0 Å². The molecular formula is C25H20ClN7O. The van der Waals surface area contributed by atoms with E-state index in [1.165, 1.54) is 0 Å². The van der Waals surface area contributed by atoms with Crippen molar-refractivity contribution in [3.63, 3.8) is 0 Å². The molecule has 0 amide bonds. The van der Waals surface area contributed by atoms with E-state index < -0.39 is 0 Å². The van der Waals surface area contributed by atoms with Crippen molar-refractivity contribution in [2.75, 3.05) is 5.32 Å². The summed E-state index contributed by atoms with van der Waals surface area (Å²) in [6.07, 6.45) is 4.68. The van der Waals surface area contributed by atoms with Gasteiger partial charge in [-0.15, -0.1) is 10.2 Å². The van der Waals surface area contributed by atoms with Crippen LogP contribution in [0.5, 0.6) is 0 Å². The first-order chi connectivity index (χ1) is 16.7. The number of nitrogens with one attached hydrogen (secondary N) is 2. The largest absolute Gasteiger partial charge is 0.334 e. The van der Waals surface area contributed by atoms with Crippen LogP contribution >= 0.6 is 11.6 Å². The van der Waals surface area contributed by atoms with Crippen LogP contribution in [0.4, 0.5) is 11.5 Å². The zero-order valence-corrected chi connectivity index (χ0v) is 18.8. The summed E-state index contributed by atoms with van der Waals surface area (Å²) in [5, 5.41) is 17.5. The Kier molecular flexibility index (Phi) is 6.13. The van der Waals surface area contributed by atoms with E-state index in [0.717, 1.165) is 28.8 Å². The first-order valence-corrected chi connectivity index (χ1v) is 11.1. The third kappa shape index (κ3) is 4.72.